The molecule has 0 unspecified atom stereocenters. The molecule has 4 nitrogen and oxygen atoms in total. The van der Waals surface area contributed by atoms with E-state index in [0.29, 0.717) is 11.6 Å². The fourth-order valence-corrected chi connectivity index (χ4v) is 2.35. The van der Waals surface area contributed by atoms with Gasteiger partial charge in [-0.2, -0.15) is 0 Å². The predicted octanol–water partition coefficient (Wildman–Crippen LogP) is 2.61. The SMILES string of the molecule is OC1(CNc2ncnc3cc(Cl)ccc23)CCC1. The molecule has 5 heteroatoms. The van der Waals surface area contributed by atoms with E-state index in [0.717, 1.165) is 36.0 Å². The first-order valence-corrected chi connectivity index (χ1v) is 6.41. The first kappa shape index (κ1) is 11.7. The van der Waals surface area contributed by atoms with Gasteiger partial charge in [0, 0.05) is 17.0 Å². The Labute approximate surface area is 110 Å². The number of hydrogen-bond acceptors (Lipinski definition) is 4. The van der Waals surface area contributed by atoms with Gasteiger partial charge in [-0.15, -0.1) is 0 Å². The van der Waals surface area contributed by atoms with Gasteiger partial charge < -0.3 is 10.4 Å². The summed E-state index contributed by atoms with van der Waals surface area (Å²) >= 11 is 5.93. The molecule has 1 heterocycles. The highest BCUT2D eigenvalue weighted by molar-refractivity contribution is 6.31. The third-order valence-corrected chi connectivity index (χ3v) is 3.70. The molecule has 1 aromatic heterocycles. The number of anilines is 1. The van der Waals surface area contributed by atoms with Crippen LogP contribution in [0.3, 0.4) is 0 Å². The predicted molar refractivity (Wildman–Crippen MR) is 71.8 cm³/mol. The molecule has 0 atom stereocenters. The second-order valence-corrected chi connectivity index (χ2v) is 5.25. The van der Waals surface area contributed by atoms with Crippen LogP contribution < -0.4 is 5.32 Å². The van der Waals surface area contributed by atoms with Gasteiger partial charge in [-0.3, -0.25) is 0 Å². The van der Waals surface area contributed by atoms with Gasteiger partial charge in [0.05, 0.1) is 11.1 Å². The van der Waals surface area contributed by atoms with E-state index >= 15 is 0 Å². The molecular formula is C13H14ClN3O. The molecule has 0 amide bonds. The zero-order chi connectivity index (χ0) is 12.6. The number of nitrogens with zero attached hydrogens (tertiary/aromatic N) is 2. The number of rotatable bonds is 3. The summed E-state index contributed by atoms with van der Waals surface area (Å²) in [7, 11) is 0. The molecule has 1 aliphatic rings. The van der Waals surface area contributed by atoms with Crippen LogP contribution in [0.15, 0.2) is 24.5 Å². The quantitative estimate of drug-likeness (QED) is 0.894. The molecule has 1 aromatic carbocycles. The van der Waals surface area contributed by atoms with E-state index in [1.165, 1.54) is 6.33 Å². The zero-order valence-electron chi connectivity index (χ0n) is 9.86. The topological polar surface area (TPSA) is 58.0 Å². The molecular weight excluding hydrogens is 250 g/mol. The van der Waals surface area contributed by atoms with E-state index in [4.69, 9.17) is 11.6 Å². The lowest BCUT2D eigenvalue weighted by Gasteiger charge is -2.36. The van der Waals surface area contributed by atoms with Gasteiger partial charge in [0.2, 0.25) is 0 Å². The third kappa shape index (κ3) is 2.13. The van der Waals surface area contributed by atoms with Crippen LogP contribution in [0.4, 0.5) is 5.82 Å². The molecule has 2 aromatic rings. The van der Waals surface area contributed by atoms with Gasteiger partial charge in [-0.05, 0) is 37.5 Å². The Kier molecular flexibility index (Phi) is 2.84. The van der Waals surface area contributed by atoms with Gasteiger partial charge in [0.25, 0.3) is 0 Å². The van der Waals surface area contributed by atoms with E-state index in [9.17, 15) is 5.11 Å². The smallest absolute Gasteiger partial charge is 0.137 e. The normalized spacial score (nSPS) is 17.4. The molecule has 0 bridgehead atoms. The van der Waals surface area contributed by atoms with Crippen molar-refractivity contribution in [3.8, 4) is 0 Å². The Morgan fingerprint density at radius 2 is 2.17 bits per heavy atom. The lowest BCUT2D eigenvalue weighted by molar-refractivity contribution is -0.0202. The van der Waals surface area contributed by atoms with Gasteiger partial charge in [-0.25, -0.2) is 9.97 Å². The Balaban J connectivity index is 1.87. The van der Waals surface area contributed by atoms with Gasteiger partial charge >= 0.3 is 0 Å². The van der Waals surface area contributed by atoms with Crippen molar-refractivity contribution in [1.29, 1.82) is 0 Å². The standard InChI is InChI=1S/C13H14ClN3O/c14-9-2-3-10-11(6-9)16-8-17-12(10)15-7-13(18)4-1-5-13/h2-3,6,8,18H,1,4-5,7H2,(H,15,16,17). The molecule has 1 fully saturated rings. The monoisotopic (exact) mass is 263 g/mol. The van der Waals surface area contributed by atoms with Crippen molar-refractivity contribution in [2.24, 2.45) is 0 Å². The summed E-state index contributed by atoms with van der Waals surface area (Å²) < 4.78 is 0. The van der Waals surface area contributed by atoms with Crippen molar-refractivity contribution < 1.29 is 5.11 Å². The molecule has 0 saturated heterocycles. The van der Waals surface area contributed by atoms with Crippen LogP contribution in [-0.4, -0.2) is 27.2 Å². The van der Waals surface area contributed by atoms with Crippen LogP contribution in [0, 0.1) is 0 Å². The van der Waals surface area contributed by atoms with Crippen LogP contribution in [0.25, 0.3) is 10.9 Å². The minimum atomic E-state index is -0.566. The highest BCUT2D eigenvalue weighted by atomic mass is 35.5. The van der Waals surface area contributed by atoms with Crippen LogP contribution in [-0.2, 0) is 0 Å². The van der Waals surface area contributed by atoms with E-state index < -0.39 is 5.60 Å². The van der Waals surface area contributed by atoms with Crippen LogP contribution in [0.2, 0.25) is 5.02 Å². The number of halogens is 1. The van der Waals surface area contributed by atoms with Gasteiger partial charge in [-0.1, -0.05) is 11.6 Å². The molecule has 1 saturated carbocycles. The number of benzene rings is 1. The first-order chi connectivity index (χ1) is 8.66. The Hall–Kier alpha value is -1.39. The number of fused-ring (bicyclic) bond motifs is 1. The van der Waals surface area contributed by atoms with Gasteiger partial charge in [0.15, 0.2) is 0 Å². The Bertz CT molecular complexity index is 583. The zero-order valence-corrected chi connectivity index (χ0v) is 10.6. The second kappa shape index (κ2) is 4.37. The summed E-state index contributed by atoms with van der Waals surface area (Å²) in [6, 6.07) is 5.52. The molecule has 2 N–H and O–H groups in total. The van der Waals surface area contributed by atoms with E-state index in [1.807, 2.05) is 18.2 Å². The van der Waals surface area contributed by atoms with Crippen LogP contribution >= 0.6 is 11.6 Å². The molecule has 1 aliphatic carbocycles. The molecule has 0 spiro atoms. The molecule has 0 aliphatic heterocycles. The Morgan fingerprint density at radius 1 is 1.33 bits per heavy atom. The average molecular weight is 264 g/mol. The maximum atomic E-state index is 10.1. The van der Waals surface area contributed by atoms with E-state index in [2.05, 4.69) is 15.3 Å². The molecule has 3 rings (SSSR count). The van der Waals surface area contributed by atoms with Crippen LogP contribution in [0.1, 0.15) is 19.3 Å². The van der Waals surface area contributed by atoms with Crippen molar-refractivity contribution in [3.63, 3.8) is 0 Å². The van der Waals surface area contributed by atoms with Crippen molar-refractivity contribution in [3.05, 3.63) is 29.5 Å². The van der Waals surface area contributed by atoms with Crippen molar-refractivity contribution >= 4 is 28.3 Å². The fraction of sp³-hybridized carbons (Fsp3) is 0.385. The van der Waals surface area contributed by atoms with E-state index in [-0.39, 0.29) is 0 Å². The summed E-state index contributed by atoms with van der Waals surface area (Å²) in [5.74, 6) is 0.747. The average Bonchev–Trinajstić information content (AvgIpc) is 2.33. The van der Waals surface area contributed by atoms with Crippen LogP contribution in [0.5, 0.6) is 0 Å². The highest BCUT2D eigenvalue weighted by Gasteiger charge is 2.34. The lowest BCUT2D eigenvalue weighted by Crippen LogP contribution is -2.43. The molecule has 94 valence electrons. The highest BCUT2D eigenvalue weighted by Crippen LogP contribution is 2.32. The third-order valence-electron chi connectivity index (χ3n) is 3.47. The summed E-state index contributed by atoms with van der Waals surface area (Å²) in [6.45, 7) is 0.530. The number of aromatic nitrogens is 2. The fourth-order valence-electron chi connectivity index (χ4n) is 2.18. The maximum Gasteiger partial charge on any atom is 0.137 e. The Morgan fingerprint density at radius 3 is 2.89 bits per heavy atom. The minimum absolute atomic E-state index is 0.530. The van der Waals surface area contributed by atoms with Crippen molar-refractivity contribution in [2.75, 3.05) is 11.9 Å². The summed E-state index contributed by atoms with van der Waals surface area (Å²) in [4.78, 5) is 8.40. The molecule has 18 heavy (non-hydrogen) atoms. The van der Waals surface area contributed by atoms with E-state index in [1.54, 1.807) is 0 Å². The summed E-state index contributed by atoms with van der Waals surface area (Å²) in [5.41, 5.74) is 0.240. The number of hydrogen-bond donors (Lipinski definition) is 2. The number of aliphatic hydroxyl groups is 1. The minimum Gasteiger partial charge on any atom is -0.388 e. The summed E-state index contributed by atoms with van der Waals surface area (Å²) in [6.07, 6.45) is 4.31. The second-order valence-electron chi connectivity index (χ2n) is 4.82. The molecule has 0 radical (unpaired) electrons. The van der Waals surface area contributed by atoms with Gasteiger partial charge in [0.1, 0.15) is 12.1 Å². The van der Waals surface area contributed by atoms with Crippen molar-refractivity contribution in [1.82, 2.24) is 9.97 Å². The summed E-state index contributed by atoms with van der Waals surface area (Å²) in [5, 5.41) is 14.8. The van der Waals surface area contributed by atoms with Crippen molar-refractivity contribution in [2.45, 2.75) is 24.9 Å². The largest absolute Gasteiger partial charge is 0.388 e. The first-order valence-electron chi connectivity index (χ1n) is 6.03. The lowest BCUT2D eigenvalue weighted by atomic mass is 9.80. The number of nitrogens with one attached hydrogen (secondary N) is 1. The maximum absolute atomic E-state index is 10.1.